The van der Waals surface area contributed by atoms with Crippen molar-refractivity contribution in [1.29, 1.82) is 0 Å². The molecule has 0 saturated heterocycles. The molecule has 0 bridgehead atoms. The van der Waals surface area contributed by atoms with Crippen LogP contribution in [-0.4, -0.2) is 0 Å². The van der Waals surface area contributed by atoms with Gasteiger partial charge in [0, 0.05) is 0 Å². The first-order valence-electron chi connectivity index (χ1n) is 17.3. The summed E-state index contributed by atoms with van der Waals surface area (Å²) in [4.78, 5) is 0. The number of hydrogen-bond acceptors (Lipinski definition) is 0. The van der Waals surface area contributed by atoms with Gasteiger partial charge >= 0.3 is 272 Å². The van der Waals surface area contributed by atoms with Crippen molar-refractivity contribution in [2.75, 3.05) is 0 Å². The molecule has 0 saturated carbocycles. The normalized spacial score (nSPS) is 18.8. The van der Waals surface area contributed by atoms with E-state index in [9.17, 15) is 0 Å². The van der Waals surface area contributed by atoms with Crippen molar-refractivity contribution >= 4 is 12.2 Å². The van der Waals surface area contributed by atoms with E-state index in [2.05, 4.69) is 124 Å². The van der Waals surface area contributed by atoms with Gasteiger partial charge in [0.25, 0.3) is 0 Å². The van der Waals surface area contributed by atoms with Gasteiger partial charge in [-0.15, -0.1) is 0 Å². The van der Waals surface area contributed by atoms with Crippen LogP contribution in [0.1, 0.15) is 158 Å². The molecule has 2 aromatic rings. The Labute approximate surface area is 270 Å². The number of benzene rings is 2. The number of hydrogen-bond donors (Lipinski definition) is 0. The molecule has 2 unspecified atom stereocenters. The van der Waals surface area contributed by atoms with Crippen molar-refractivity contribution < 1.29 is 40.5 Å². The van der Waals surface area contributed by atoms with Gasteiger partial charge in [0.15, 0.2) is 0 Å². The summed E-state index contributed by atoms with van der Waals surface area (Å²) in [7, 11) is 0. The van der Waals surface area contributed by atoms with E-state index in [1.807, 2.05) is 0 Å². The van der Waals surface area contributed by atoms with Gasteiger partial charge in [-0.3, -0.25) is 0 Å². The predicted octanol–water partition coefficient (Wildman–Crippen LogP) is 13.9. The summed E-state index contributed by atoms with van der Waals surface area (Å²) in [6.07, 6.45) is 7.71. The molecule has 42 heavy (non-hydrogen) atoms. The molecule has 4 rings (SSSR count). The van der Waals surface area contributed by atoms with Crippen LogP contribution in [0, 0.1) is 0 Å². The van der Waals surface area contributed by atoms with E-state index in [0.29, 0.717) is 23.7 Å². The van der Waals surface area contributed by atoms with E-state index in [1.54, 1.807) is 55.7 Å². The summed E-state index contributed by atoms with van der Waals surface area (Å²) in [5.74, 6) is 2.32. The maximum atomic E-state index is 2.81. The molecule has 0 nitrogen and oxygen atoms in total. The molecule has 0 N–H and O–H groups in total. The van der Waals surface area contributed by atoms with Gasteiger partial charge in [0.2, 0.25) is 0 Å². The van der Waals surface area contributed by atoms with Crippen LogP contribution in [-0.2, 0) is 40.5 Å². The van der Waals surface area contributed by atoms with Crippen LogP contribution in [0.3, 0.4) is 0 Å². The van der Waals surface area contributed by atoms with E-state index in [0.717, 1.165) is 7.25 Å². The Kier molecular flexibility index (Phi) is 10.9. The summed E-state index contributed by atoms with van der Waals surface area (Å²) in [6.45, 7) is 23.9. The fourth-order valence-corrected chi connectivity index (χ4v) is 43.2. The fraction of sp³-hybridized carbons (Fsp3) is 0.600. The van der Waals surface area contributed by atoms with E-state index < -0.39 is 40.5 Å². The van der Waals surface area contributed by atoms with Crippen LogP contribution >= 0.6 is 0 Å². The van der Waals surface area contributed by atoms with Gasteiger partial charge in [-0.1, -0.05) is 0 Å². The number of fused-ring (bicyclic) bond motifs is 2. The Hall–Kier alpha value is -0.314. The second-order valence-electron chi connectivity index (χ2n) is 16.3. The summed E-state index contributed by atoms with van der Waals surface area (Å²) >= 11 is -5.08. The molecule has 2 heteroatoms. The third-order valence-corrected chi connectivity index (χ3v) is 32.5. The topological polar surface area (TPSA) is 0 Å². The van der Waals surface area contributed by atoms with Crippen molar-refractivity contribution in [1.82, 2.24) is 0 Å². The molecule has 2 aromatic carbocycles. The molecule has 2 aliphatic carbocycles. The number of allylic oxidation sites excluding steroid dienone is 2. The average Bonchev–Trinajstić information content (AvgIpc) is 3.49. The fourth-order valence-electron chi connectivity index (χ4n) is 8.21. The van der Waals surface area contributed by atoms with Crippen molar-refractivity contribution in [3.63, 3.8) is 0 Å². The van der Waals surface area contributed by atoms with Gasteiger partial charge in [-0.2, -0.15) is 0 Å². The van der Waals surface area contributed by atoms with Crippen LogP contribution in [0.4, 0.5) is 0 Å². The molecular weight excluding hydrogens is 663 g/mol. The quantitative estimate of drug-likeness (QED) is 0.216. The van der Waals surface area contributed by atoms with Crippen molar-refractivity contribution in [2.45, 2.75) is 140 Å². The summed E-state index contributed by atoms with van der Waals surface area (Å²) in [6, 6.07) is 10.4. The zero-order chi connectivity index (χ0) is 31.3. The molecule has 0 spiro atoms. The summed E-state index contributed by atoms with van der Waals surface area (Å²) in [5.41, 5.74) is 16.4. The first kappa shape index (κ1) is 34.6. The molecule has 0 fully saturated rings. The monoisotopic (exact) mass is 722 g/mol. The van der Waals surface area contributed by atoms with Crippen molar-refractivity contribution in [2.24, 2.45) is 0 Å². The minimum absolute atomic E-state index is 0.576. The Morgan fingerprint density at radius 1 is 0.524 bits per heavy atom. The molecule has 0 aliphatic heterocycles. The Morgan fingerprint density at radius 3 is 1.12 bits per heavy atom. The van der Waals surface area contributed by atoms with Gasteiger partial charge in [0.1, 0.15) is 0 Å². The summed E-state index contributed by atoms with van der Waals surface area (Å²) in [5, 5.41) is 0. The summed E-state index contributed by atoms with van der Waals surface area (Å²) < 4.78 is 15.8. The molecule has 2 aliphatic rings. The van der Waals surface area contributed by atoms with Gasteiger partial charge in [-0.05, 0) is 0 Å². The van der Waals surface area contributed by atoms with Crippen LogP contribution in [0.15, 0.2) is 35.4 Å². The first-order chi connectivity index (χ1) is 19.5. The molecule has 2 atom stereocenters. The van der Waals surface area contributed by atoms with Gasteiger partial charge in [0.05, 0.1) is 0 Å². The Bertz CT molecular complexity index is 1260. The Morgan fingerprint density at radius 2 is 0.857 bits per heavy atom. The van der Waals surface area contributed by atoms with Crippen molar-refractivity contribution in [3.8, 4) is 0 Å². The van der Waals surface area contributed by atoms with Gasteiger partial charge < -0.3 is 0 Å². The maximum absolute atomic E-state index is 2.81. The van der Waals surface area contributed by atoms with Crippen LogP contribution in [0.2, 0.25) is 26.8 Å². The molecule has 0 heterocycles. The average molecular weight is 725 g/mol. The molecule has 0 amide bonds. The zero-order valence-corrected chi connectivity index (χ0v) is 34.7. The second kappa shape index (κ2) is 13.2. The number of rotatable bonds is 11. The van der Waals surface area contributed by atoms with Crippen LogP contribution in [0.5, 0.6) is 0 Å². The first-order valence-corrected chi connectivity index (χ1v) is 33.4. The van der Waals surface area contributed by atoms with Crippen LogP contribution < -0.4 is 0 Å². The second-order valence-corrected chi connectivity index (χ2v) is 41.2. The Balaban J connectivity index is 1.71. The predicted molar refractivity (Wildman–Crippen MR) is 184 cm³/mol. The zero-order valence-electron chi connectivity index (χ0n) is 29.8. The molecular formula is C40H62Zr2. The molecule has 230 valence electrons. The van der Waals surface area contributed by atoms with E-state index in [4.69, 9.17) is 0 Å². The third-order valence-electron chi connectivity index (χ3n) is 10.9. The van der Waals surface area contributed by atoms with E-state index in [1.165, 1.54) is 21.1 Å². The molecule has 0 radical (unpaired) electrons. The molecule has 0 aromatic heterocycles. The third kappa shape index (κ3) is 6.62. The van der Waals surface area contributed by atoms with Crippen molar-refractivity contribution in [3.05, 3.63) is 79.9 Å². The SMILES string of the molecule is CCC1=Cc2c(C(C)C)cc(C(C)C)cc2[CH]1[Zr]([CH3])([CH3])[CH2][CH2][Zr]([CH3])([CH3])[CH]1C(CC)=Cc2c(C(C)C)cc(C(C)C)cc21. The van der Waals surface area contributed by atoms with E-state index >= 15 is 0 Å². The minimum atomic E-state index is -2.54. The van der Waals surface area contributed by atoms with E-state index in [-0.39, 0.29) is 0 Å². The van der Waals surface area contributed by atoms with Crippen LogP contribution in [0.25, 0.3) is 12.2 Å². The standard InChI is InChI=1S/2C17H23.C2H4.4CH3.2Zr/c2*1-6-13-7-15-9-14(11(2)3)10-16(12(4)5)17(15)8-13;1-2;;;;;;/h2*7-12H,6H2,1-5H3;1-2H2;4*1H3;;. The van der Waals surface area contributed by atoms with Gasteiger partial charge in [-0.25, -0.2) is 0 Å².